The fourth-order valence-electron chi connectivity index (χ4n) is 3.37. The van der Waals surface area contributed by atoms with Crippen LogP contribution in [0.1, 0.15) is 50.3 Å². The van der Waals surface area contributed by atoms with E-state index in [0.717, 1.165) is 6.42 Å². The molecule has 0 saturated carbocycles. The summed E-state index contributed by atoms with van der Waals surface area (Å²) in [5, 5.41) is 0. The zero-order chi connectivity index (χ0) is 22.5. The van der Waals surface area contributed by atoms with Crippen molar-refractivity contribution >= 4 is 0 Å². The minimum atomic E-state index is -1.18. The molecule has 7 heteroatoms. The average molecular weight is 440 g/mol. The first-order valence-electron chi connectivity index (χ1n) is 10.6. The first-order chi connectivity index (χ1) is 14.8. The van der Waals surface area contributed by atoms with Gasteiger partial charge in [0, 0.05) is 23.5 Å². The fourth-order valence-corrected chi connectivity index (χ4v) is 3.37. The Balaban J connectivity index is 1.75. The normalized spacial score (nSPS) is 14.4. The Bertz CT molecular complexity index is 916. The van der Waals surface area contributed by atoms with Gasteiger partial charge in [0.05, 0.1) is 26.0 Å². The van der Waals surface area contributed by atoms with Gasteiger partial charge in [-0.05, 0) is 43.9 Å². The molecule has 0 bridgehead atoms. The van der Waals surface area contributed by atoms with E-state index in [2.05, 4.69) is 0 Å². The third-order valence-corrected chi connectivity index (χ3v) is 5.39. The summed E-state index contributed by atoms with van der Waals surface area (Å²) in [7, 11) is 0. The van der Waals surface area contributed by atoms with Gasteiger partial charge < -0.3 is 14.2 Å². The minimum Gasteiger partial charge on any atom is -0.490 e. The molecule has 1 aliphatic heterocycles. The molecule has 2 unspecified atom stereocenters. The Morgan fingerprint density at radius 2 is 1.74 bits per heavy atom. The lowest BCUT2D eigenvalue weighted by molar-refractivity contribution is 0.0304. The quantitative estimate of drug-likeness (QED) is 0.335. The van der Waals surface area contributed by atoms with Crippen LogP contribution in [0.3, 0.4) is 0 Å². The van der Waals surface area contributed by atoms with E-state index in [1.807, 2.05) is 20.8 Å². The van der Waals surface area contributed by atoms with Crippen molar-refractivity contribution in [3.63, 3.8) is 0 Å². The van der Waals surface area contributed by atoms with E-state index >= 15 is 4.39 Å². The standard InChI is InChI=1S/C24H28F4O3/c1-4-15(3)29-12-14(2)13-30-19-8-7-17-11-18-10-16(6-5-9-25)20(26)22(28)24(18)31-23(17)21(19)27/h7-8,10,14-15H,4-6,9,11-13H2,1-3H3. The van der Waals surface area contributed by atoms with Crippen LogP contribution in [0, 0.1) is 23.4 Å². The van der Waals surface area contributed by atoms with Crippen molar-refractivity contribution in [2.45, 2.75) is 52.6 Å². The molecular formula is C24H28F4O3. The summed E-state index contributed by atoms with van der Waals surface area (Å²) in [5.74, 6) is -3.49. The van der Waals surface area contributed by atoms with E-state index in [1.54, 1.807) is 6.07 Å². The van der Waals surface area contributed by atoms with Gasteiger partial charge >= 0.3 is 0 Å². The number of halogens is 4. The number of rotatable bonds is 10. The van der Waals surface area contributed by atoms with E-state index in [9.17, 15) is 13.2 Å². The van der Waals surface area contributed by atoms with Crippen LogP contribution in [0.25, 0.3) is 0 Å². The van der Waals surface area contributed by atoms with E-state index in [4.69, 9.17) is 14.2 Å². The van der Waals surface area contributed by atoms with E-state index in [0.29, 0.717) is 17.7 Å². The van der Waals surface area contributed by atoms with Gasteiger partial charge in [0.15, 0.2) is 23.1 Å². The van der Waals surface area contributed by atoms with Crippen LogP contribution >= 0.6 is 0 Å². The van der Waals surface area contributed by atoms with Crippen molar-refractivity contribution < 1.29 is 31.8 Å². The number of hydrogen-bond acceptors (Lipinski definition) is 3. The Labute approximate surface area is 180 Å². The maximum Gasteiger partial charge on any atom is 0.207 e. The second-order valence-corrected chi connectivity index (χ2v) is 8.06. The third-order valence-electron chi connectivity index (χ3n) is 5.39. The summed E-state index contributed by atoms with van der Waals surface area (Å²) in [5.41, 5.74) is 1.01. The summed E-state index contributed by atoms with van der Waals surface area (Å²) in [6, 6.07) is 4.63. The minimum absolute atomic E-state index is 0.0157. The zero-order valence-corrected chi connectivity index (χ0v) is 18.1. The molecule has 2 aromatic carbocycles. The van der Waals surface area contributed by atoms with Gasteiger partial charge in [-0.2, -0.15) is 8.78 Å². The Morgan fingerprint density at radius 1 is 1.00 bits per heavy atom. The van der Waals surface area contributed by atoms with Gasteiger partial charge in [-0.25, -0.2) is 4.39 Å². The summed E-state index contributed by atoms with van der Waals surface area (Å²) in [6.45, 7) is 6.06. The molecule has 31 heavy (non-hydrogen) atoms. The summed E-state index contributed by atoms with van der Waals surface area (Å²) in [4.78, 5) is 0. The first-order valence-corrected chi connectivity index (χ1v) is 10.6. The highest BCUT2D eigenvalue weighted by Crippen LogP contribution is 2.43. The highest BCUT2D eigenvalue weighted by Gasteiger charge is 2.28. The molecule has 0 aromatic heterocycles. The Kier molecular flexibility index (Phi) is 7.81. The SMILES string of the molecule is CCC(C)OCC(C)COc1ccc2c(c1F)Oc1c(cc(CCCF)c(F)c1F)C2. The molecule has 3 nitrogen and oxygen atoms in total. The lowest BCUT2D eigenvalue weighted by Crippen LogP contribution is -2.19. The van der Waals surface area contributed by atoms with Crippen LogP contribution in [0.5, 0.6) is 17.2 Å². The second kappa shape index (κ2) is 10.4. The van der Waals surface area contributed by atoms with Crippen molar-refractivity contribution in [2.24, 2.45) is 5.92 Å². The first kappa shape index (κ1) is 23.4. The number of hydrogen-bond donors (Lipinski definition) is 0. The van der Waals surface area contributed by atoms with Gasteiger partial charge in [0.25, 0.3) is 0 Å². The summed E-state index contributed by atoms with van der Waals surface area (Å²) < 4.78 is 73.0. The lowest BCUT2D eigenvalue weighted by atomic mass is 9.96. The molecule has 0 radical (unpaired) electrons. The van der Waals surface area contributed by atoms with Crippen LogP contribution in [-0.2, 0) is 17.6 Å². The van der Waals surface area contributed by atoms with E-state index < -0.39 is 24.1 Å². The third kappa shape index (κ3) is 5.32. The Hall–Kier alpha value is -2.28. The van der Waals surface area contributed by atoms with Crippen LogP contribution in [0.15, 0.2) is 18.2 Å². The number of benzene rings is 2. The van der Waals surface area contributed by atoms with Crippen molar-refractivity contribution in [1.82, 2.24) is 0 Å². The predicted octanol–water partition coefficient (Wildman–Crippen LogP) is 6.53. The molecule has 170 valence electrons. The molecule has 0 saturated heterocycles. The van der Waals surface area contributed by atoms with Gasteiger partial charge in [-0.3, -0.25) is 4.39 Å². The highest BCUT2D eigenvalue weighted by molar-refractivity contribution is 5.54. The molecule has 1 heterocycles. The largest absolute Gasteiger partial charge is 0.490 e. The summed E-state index contributed by atoms with van der Waals surface area (Å²) in [6.07, 6.45) is 1.41. The van der Waals surface area contributed by atoms with Crippen molar-refractivity contribution in [2.75, 3.05) is 19.9 Å². The maximum atomic E-state index is 15.0. The van der Waals surface area contributed by atoms with Gasteiger partial charge in [-0.15, -0.1) is 0 Å². The van der Waals surface area contributed by atoms with Gasteiger partial charge in [0.2, 0.25) is 11.6 Å². The predicted molar refractivity (Wildman–Crippen MR) is 110 cm³/mol. The maximum absolute atomic E-state index is 15.0. The topological polar surface area (TPSA) is 27.7 Å². The van der Waals surface area contributed by atoms with Crippen molar-refractivity contribution in [3.8, 4) is 17.2 Å². The highest BCUT2D eigenvalue weighted by atomic mass is 19.2. The van der Waals surface area contributed by atoms with Gasteiger partial charge in [0.1, 0.15) is 0 Å². The molecule has 3 rings (SSSR count). The van der Waals surface area contributed by atoms with E-state index in [1.165, 1.54) is 12.1 Å². The zero-order valence-electron chi connectivity index (χ0n) is 18.1. The molecule has 1 aliphatic rings. The summed E-state index contributed by atoms with van der Waals surface area (Å²) >= 11 is 0. The Morgan fingerprint density at radius 3 is 2.45 bits per heavy atom. The molecule has 0 N–H and O–H groups in total. The monoisotopic (exact) mass is 440 g/mol. The van der Waals surface area contributed by atoms with Gasteiger partial charge in [-0.1, -0.05) is 19.9 Å². The smallest absolute Gasteiger partial charge is 0.207 e. The number of ether oxygens (including phenoxy) is 3. The van der Waals surface area contributed by atoms with Crippen LogP contribution in [-0.4, -0.2) is 26.0 Å². The van der Waals surface area contributed by atoms with Crippen LogP contribution in [0.4, 0.5) is 17.6 Å². The molecule has 0 spiro atoms. The molecular weight excluding hydrogens is 412 g/mol. The van der Waals surface area contributed by atoms with Crippen molar-refractivity contribution in [3.05, 3.63) is 52.3 Å². The molecule has 2 atom stereocenters. The number of fused-ring (bicyclic) bond motifs is 2. The second-order valence-electron chi connectivity index (χ2n) is 8.06. The molecule has 0 aliphatic carbocycles. The number of alkyl halides is 1. The lowest BCUT2D eigenvalue weighted by Gasteiger charge is -2.24. The molecule has 0 fully saturated rings. The average Bonchev–Trinajstić information content (AvgIpc) is 2.77. The number of aryl methyl sites for hydroxylation is 1. The molecule has 2 aromatic rings. The fraction of sp³-hybridized carbons (Fsp3) is 0.500. The van der Waals surface area contributed by atoms with Crippen molar-refractivity contribution in [1.29, 1.82) is 0 Å². The van der Waals surface area contributed by atoms with Crippen LogP contribution < -0.4 is 9.47 Å². The van der Waals surface area contributed by atoms with Crippen LogP contribution in [0.2, 0.25) is 0 Å². The van der Waals surface area contributed by atoms with E-state index in [-0.39, 0.29) is 60.7 Å². The molecule has 0 amide bonds.